The van der Waals surface area contributed by atoms with Gasteiger partial charge in [-0.2, -0.15) is 0 Å². The summed E-state index contributed by atoms with van der Waals surface area (Å²) in [4.78, 5) is 0.372. The third kappa shape index (κ3) is 3.13. The summed E-state index contributed by atoms with van der Waals surface area (Å²) < 4.78 is 28.3. The van der Waals surface area contributed by atoms with Gasteiger partial charge in [0.25, 0.3) is 0 Å². The normalized spacial score (nSPS) is 24.4. The minimum absolute atomic E-state index is 0.0865. The van der Waals surface area contributed by atoms with Crippen molar-refractivity contribution in [2.45, 2.75) is 44.0 Å². The van der Waals surface area contributed by atoms with E-state index in [1.165, 1.54) is 0 Å². The van der Waals surface area contributed by atoms with E-state index in [-0.39, 0.29) is 6.04 Å². The van der Waals surface area contributed by atoms with Crippen molar-refractivity contribution in [1.82, 2.24) is 4.72 Å². The van der Waals surface area contributed by atoms with Gasteiger partial charge in [0.15, 0.2) is 0 Å². The molecule has 1 aromatic carbocycles. The van der Waals surface area contributed by atoms with E-state index in [0.29, 0.717) is 10.8 Å². The standard InChI is InChI=1S/C13H18BrNO2S/c1-9-3-6-12(7-9)15-18(16,17)13-8-11(14)5-4-10(13)2/h4-5,8-9,12,15H,3,6-7H2,1-2H3. The largest absolute Gasteiger partial charge is 0.241 e. The van der Waals surface area contributed by atoms with E-state index < -0.39 is 10.0 Å². The van der Waals surface area contributed by atoms with E-state index in [0.717, 1.165) is 29.3 Å². The van der Waals surface area contributed by atoms with Crippen molar-refractivity contribution in [3.63, 3.8) is 0 Å². The summed E-state index contributed by atoms with van der Waals surface area (Å²) >= 11 is 3.32. The zero-order chi connectivity index (χ0) is 13.3. The molecular formula is C13H18BrNO2S. The van der Waals surface area contributed by atoms with E-state index in [9.17, 15) is 8.42 Å². The number of hydrogen-bond acceptors (Lipinski definition) is 2. The molecule has 100 valence electrons. The first-order valence-corrected chi connectivity index (χ1v) is 8.44. The Morgan fingerprint density at radius 3 is 2.67 bits per heavy atom. The Morgan fingerprint density at radius 1 is 1.33 bits per heavy atom. The molecule has 3 nitrogen and oxygen atoms in total. The molecule has 2 rings (SSSR count). The van der Waals surface area contributed by atoms with Crippen LogP contribution in [0.2, 0.25) is 0 Å². The number of sulfonamides is 1. The topological polar surface area (TPSA) is 46.2 Å². The molecule has 0 aliphatic heterocycles. The fourth-order valence-electron chi connectivity index (χ4n) is 2.46. The molecule has 1 aromatic rings. The molecule has 5 heteroatoms. The molecule has 2 atom stereocenters. The van der Waals surface area contributed by atoms with E-state index in [4.69, 9.17) is 0 Å². The van der Waals surface area contributed by atoms with Crippen LogP contribution in [-0.4, -0.2) is 14.5 Å². The second kappa shape index (κ2) is 5.31. The predicted molar refractivity (Wildman–Crippen MR) is 76.0 cm³/mol. The molecule has 0 amide bonds. The predicted octanol–water partition coefficient (Wildman–Crippen LogP) is 3.22. The Bertz CT molecular complexity index is 542. The zero-order valence-corrected chi connectivity index (χ0v) is 13.0. The summed E-state index contributed by atoms with van der Waals surface area (Å²) in [5.41, 5.74) is 0.775. The molecule has 18 heavy (non-hydrogen) atoms. The van der Waals surface area contributed by atoms with Gasteiger partial charge in [-0.1, -0.05) is 28.9 Å². The maximum atomic E-state index is 12.3. The van der Waals surface area contributed by atoms with E-state index >= 15 is 0 Å². The lowest BCUT2D eigenvalue weighted by molar-refractivity contribution is 0.538. The van der Waals surface area contributed by atoms with Crippen molar-refractivity contribution < 1.29 is 8.42 Å². The molecule has 0 aromatic heterocycles. The smallest absolute Gasteiger partial charge is 0.208 e. The van der Waals surface area contributed by atoms with Crippen molar-refractivity contribution in [3.05, 3.63) is 28.2 Å². The van der Waals surface area contributed by atoms with Crippen LogP contribution in [0.3, 0.4) is 0 Å². The number of aryl methyl sites for hydroxylation is 1. The van der Waals surface area contributed by atoms with Crippen LogP contribution in [0.25, 0.3) is 0 Å². The van der Waals surface area contributed by atoms with Crippen LogP contribution in [0, 0.1) is 12.8 Å². The third-order valence-electron chi connectivity index (χ3n) is 3.46. The SMILES string of the molecule is Cc1ccc(Br)cc1S(=O)(=O)NC1CCC(C)C1. The van der Waals surface area contributed by atoms with Gasteiger partial charge in [0, 0.05) is 10.5 Å². The zero-order valence-electron chi connectivity index (χ0n) is 10.6. The second-order valence-electron chi connectivity index (χ2n) is 5.15. The highest BCUT2D eigenvalue weighted by Gasteiger charge is 2.27. The summed E-state index contributed by atoms with van der Waals surface area (Å²) in [5.74, 6) is 0.612. The van der Waals surface area contributed by atoms with Gasteiger partial charge in [0.2, 0.25) is 10.0 Å². The lowest BCUT2D eigenvalue weighted by Crippen LogP contribution is -2.33. The first-order chi connectivity index (χ1) is 8.38. The van der Waals surface area contributed by atoms with Crippen LogP contribution in [0.4, 0.5) is 0 Å². The molecule has 1 N–H and O–H groups in total. The highest BCUT2D eigenvalue weighted by molar-refractivity contribution is 9.10. The molecule has 0 heterocycles. The lowest BCUT2D eigenvalue weighted by atomic mass is 10.1. The molecule has 0 bridgehead atoms. The second-order valence-corrected chi connectivity index (χ2v) is 7.74. The summed E-state index contributed by atoms with van der Waals surface area (Å²) in [6, 6.07) is 5.42. The molecule has 1 saturated carbocycles. The van der Waals surface area contributed by atoms with E-state index in [2.05, 4.69) is 27.6 Å². The Morgan fingerprint density at radius 2 is 2.06 bits per heavy atom. The molecule has 2 unspecified atom stereocenters. The van der Waals surface area contributed by atoms with Crippen molar-refractivity contribution in [1.29, 1.82) is 0 Å². The molecule has 1 fully saturated rings. The highest BCUT2D eigenvalue weighted by atomic mass is 79.9. The average molecular weight is 332 g/mol. The Labute approximate surface area is 117 Å². The van der Waals surface area contributed by atoms with E-state index in [1.807, 2.05) is 19.1 Å². The summed E-state index contributed by atoms with van der Waals surface area (Å²) in [6.07, 6.45) is 2.98. The van der Waals surface area contributed by atoms with Crippen LogP contribution >= 0.6 is 15.9 Å². The summed E-state index contributed by atoms with van der Waals surface area (Å²) in [5, 5.41) is 0. The van der Waals surface area contributed by atoms with Crippen molar-refractivity contribution in [2.75, 3.05) is 0 Å². The fraction of sp³-hybridized carbons (Fsp3) is 0.538. The van der Waals surface area contributed by atoms with Crippen LogP contribution in [0.5, 0.6) is 0 Å². The monoisotopic (exact) mass is 331 g/mol. The first-order valence-electron chi connectivity index (χ1n) is 6.17. The van der Waals surface area contributed by atoms with Gasteiger partial charge in [0.05, 0.1) is 4.90 Å². The van der Waals surface area contributed by atoms with Gasteiger partial charge in [-0.05, 0) is 49.8 Å². The van der Waals surface area contributed by atoms with Crippen molar-refractivity contribution in [2.24, 2.45) is 5.92 Å². The Balaban J connectivity index is 2.23. The molecule has 0 saturated heterocycles. The molecule has 0 radical (unpaired) electrons. The lowest BCUT2D eigenvalue weighted by Gasteiger charge is -2.14. The van der Waals surface area contributed by atoms with Gasteiger partial charge in [-0.25, -0.2) is 13.1 Å². The molecule has 1 aliphatic carbocycles. The number of hydrogen-bond donors (Lipinski definition) is 1. The average Bonchev–Trinajstić information content (AvgIpc) is 2.66. The molecule has 0 spiro atoms. The third-order valence-corrected chi connectivity index (χ3v) is 5.61. The maximum absolute atomic E-state index is 12.3. The number of rotatable bonds is 3. The minimum Gasteiger partial charge on any atom is -0.208 e. The van der Waals surface area contributed by atoms with Crippen LogP contribution in [-0.2, 0) is 10.0 Å². The van der Waals surface area contributed by atoms with Crippen molar-refractivity contribution >= 4 is 26.0 Å². The molecular weight excluding hydrogens is 314 g/mol. The van der Waals surface area contributed by atoms with Crippen LogP contribution in [0.15, 0.2) is 27.6 Å². The minimum atomic E-state index is -3.40. The Kier molecular flexibility index (Phi) is 4.14. The highest BCUT2D eigenvalue weighted by Crippen LogP contribution is 2.27. The fourth-order valence-corrected chi connectivity index (χ4v) is 4.53. The van der Waals surface area contributed by atoms with E-state index in [1.54, 1.807) is 6.07 Å². The number of nitrogens with one attached hydrogen (secondary N) is 1. The van der Waals surface area contributed by atoms with Gasteiger partial charge in [-0.15, -0.1) is 0 Å². The number of halogens is 1. The van der Waals surface area contributed by atoms with Gasteiger partial charge < -0.3 is 0 Å². The summed E-state index contributed by atoms with van der Waals surface area (Å²) in [7, 11) is -3.40. The first kappa shape index (κ1) is 14.0. The Hall–Kier alpha value is -0.390. The van der Waals surface area contributed by atoms with Crippen LogP contribution in [0.1, 0.15) is 31.7 Å². The quantitative estimate of drug-likeness (QED) is 0.924. The molecule has 1 aliphatic rings. The number of benzene rings is 1. The van der Waals surface area contributed by atoms with Gasteiger partial charge in [-0.3, -0.25) is 0 Å². The van der Waals surface area contributed by atoms with Gasteiger partial charge >= 0.3 is 0 Å². The maximum Gasteiger partial charge on any atom is 0.241 e. The van der Waals surface area contributed by atoms with Crippen LogP contribution < -0.4 is 4.72 Å². The van der Waals surface area contributed by atoms with Crippen molar-refractivity contribution in [3.8, 4) is 0 Å². The van der Waals surface area contributed by atoms with Gasteiger partial charge in [0.1, 0.15) is 0 Å². The summed E-state index contributed by atoms with van der Waals surface area (Å²) in [6.45, 7) is 3.98.